The van der Waals surface area contributed by atoms with Crippen molar-refractivity contribution in [3.8, 4) is 0 Å². The first-order valence-electron chi connectivity index (χ1n) is 11.6. The summed E-state index contributed by atoms with van der Waals surface area (Å²) in [5.41, 5.74) is 0. The van der Waals surface area contributed by atoms with Gasteiger partial charge in [0, 0.05) is 26.1 Å². The molecule has 0 aromatic rings. The van der Waals surface area contributed by atoms with Gasteiger partial charge in [-0.3, -0.25) is 9.69 Å². The molecule has 2 atom stereocenters. The van der Waals surface area contributed by atoms with E-state index >= 15 is 0 Å². The summed E-state index contributed by atoms with van der Waals surface area (Å²) in [5.74, 6) is 0.0628. The lowest BCUT2D eigenvalue weighted by Gasteiger charge is -2.32. The van der Waals surface area contributed by atoms with Crippen LogP contribution in [-0.4, -0.2) is 60.9 Å². The monoisotopic (exact) mass is 396 g/mol. The van der Waals surface area contributed by atoms with Crippen LogP contribution in [0.2, 0.25) is 0 Å². The molecule has 0 aromatic carbocycles. The topological polar surface area (TPSA) is 61.8 Å². The maximum absolute atomic E-state index is 12.4. The van der Waals surface area contributed by atoms with Crippen LogP contribution in [0.15, 0.2) is 12.2 Å². The molecular weight excluding hydrogens is 352 g/mol. The third-order valence-electron chi connectivity index (χ3n) is 5.38. The molecule has 1 saturated heterocycles. The third-order valence-corrected chi connectivity index (χ3v) is 5.38. The zero-order valence-corrected chi connectivity index (χ0v) is 18.3. The number of allylic oxidation sites excluding steroid dienone is 1. The summed E-state index contributed by atoms with van der Waals surface area (Å²) in [4.78, 5) is 14.7. The second-order valence-corrected chi connectivity index (χ2v) is 8.02. The van der Waals surface area contributed by atoms with Gasteiger partial charge in [0.2, 0.25) is 5.91 Å². The van der Waals surface area contributed by atoms with Crippen molar-refractivity contribution in [1.82, 2.24) is 10.2 Å². The largest absolute Gasteiger partial charge is 0.387 e. The summed E-state index contributed by atoms with van der Waals surface area (Å²) in [7, 11) is 0. The predicted octanol–water partition coefficient (Wildman–Crippen LogP) is 4.05. The standard InChI is InChI=1S/C23H44N2O3/c1-3-5-7-9-10-11-13-15-23(27)24-21(20-25-16-18-28-19-17-25)22(26)14-12-8-6-4-2/h12,14,21-22,26H,3-11,13,15-20H2,1-2H3,(H,24,27)/b14-12+/t21-,22-/m0/s1. The number of carbonyl (C=O) groups excluding carboxylic acids is 1. The molecule has 1 fully saturated rings. The van der Waals surface area contributed by atoms with Crippen LogP contribution in [0, 0.1) is 0 Å². The number of unbranched alkanes of at least 4 members (excludes halogenated alkanes) is 8. The Bertz CT molecular complexity index is 409. The fourth-order valence-corrected chi connectivity index (χ4v) is 3.51. The molecule has 1 heterocycles. The fourth-order valence-electron chi connectivity index (χ4n) is 3.51. The number of ether oxygens (including phenoxy) is 1. The number of hydrogen-bond acceptors (Lipinski definition) is 4. The molecule has 28 heavy (non-hydrogen) atoms. The molecule has 0 aliphatic carbocycles. The Morgan fingerprint density at radius 1 is 1.04 bits per heavy atom. The van der Waals surface area contributed by atoms with Gasteiger partial charge in [0.25, 0.3) is 0 Å². The SMILES string of the molecule is CCCC/C=C/[C@H](O)[C@H](CN1CCOCC1)NC(=O)CCCCCCCCC. The van der Waals surface area contributed by atoms with E-state index in [0.29, 0.717) is 13.0 Å². The van der Waals surface area contributed by atoms with Crippen LogP contribution in [0.1, 0.15) is 84.5 Å². The number of carbonyl (C=O) groups is 1. The van der Waals surface area contributed by atoms with Crippen molar-refractivity contribution < 1.29 is 14.6 Å². The number of amides is 1. The molecule has 0 saturated carbocycles. The minimum absolute atomic E-state index is 0.0628. The fraction of sp³-hybridized carbons (Fsp3) is 0.870. The van der Waals surface area contributed by atoms with Gasteiger partial charge in [-0.05, 0) is 12.8 Å². The van der Waals surface area contributed by atoms with E-state index in [2.05, 4.69) is 24.1 Å². The molecule has 0 bridgehead atoms. The Labute approximate surface area is 172 Å². The van der Waals surface area contributed by atoms with E-state index in [-0.39, 0.29) is 11.9 Å². The summed E-state index contributed by atoms with van der Waals surface area (Å²) in [6, 6.07) is -0.256. The number of aliphatic hydroxyl groups is 1. The number of morpholine rings is 1. The van der Waals surface area contributed by atoms with Gasteiger partial charge < -0.3 is 15.2 Å². The molecule has 1 aliphatic heterocycles. The first kappa shape index (κ1) is 25.1. The zero-order valence-electron chi connectivity index (χ0n) is 18.3. The van der Waals surface area contributed by atoms with Gasteiger partial charge in [-0.2, -0.15) is 0 Å². The summed E-state index contributed by atoms with van der Waals surface area (Å²) in [5, 5.41) is 13.7. The molecule has 164 valence electrons. The van der Waals surface area contributed by atoms with Crippen LogP contribution in [-0.2, 0) is 9.53 Å². The minimum atomic E-state index is -0.641. The van der Waals surface area contributed by atoms with Crippen LogP contribution >= 0.6 is 0 Å². The van der Waals surface area contributed by atoms with Crippen molar-refractivity contribution in [2.75, 3.05) is 32.8 Å². The smallest absolute Gasteiger partial charge is 0.220 e. The average Bonchev–Trinajstić information content (AvgIpc) is 2.70. The van der Waals surface area contributed by atoms with E-state index in [1.54, 1.807) is 0 Å². The zero-order chi connectivity index (χ0) is 20.5. The van der Waals surface area contributed by atoms with Gasteiger partial charge in [0.1, 0.15) is 0 Å². The van der Waals surface area contributed by atoms with E-state index < -0.39 is 6.10 Å². The maximum atomic E-state index is 12.4. The maximum Gasteiger partial charge on any atom is 0.220 e. The second-order valence-electron chi connectivity index (χ2n) is 8.02. The van der Waals surface area contributed by atoms with Gasteiger partial charge in [-0.25, -0.2) is 0 Å². The quantitative estimate of drug-likeness (QED) is 0.305. The van der Waals surface area contributed by atoms with Crippen LogP contribution < -0.4 is 5.32 Å². The highest BCUT2D eigenvalue weighted by molar-refractivity contribution is 5.76. The van der Waals surface area contributed by atoms with E-state index in [4.69, 9.17) is 4.74 Å². The molecule has 1 rings (SSSR count). The summed E-state index contributed by atoms with van der Waals surface area (Å²) in [6.07, 6.45) is 15.5. The first-order chi connectivity index (χ1) is 13.7. The Kier molecular flexibility index (Phi) is 15.2. The van der Waals surface area contributed by atoms with E-state index in [1.165, 1.54) is 32.1 Å². The minimum Gasteiger partial charge on any atom is -0.387 e. The van der Waals surface area contributed by atoms with Gasteiger partial charge in [0.15, 0.2) is 0 Å². The lowest BCUT2D eigenvalue weighted by molar-refractivity contribution is -0.122. The van der Waals surface area contributed by atoms with Crippen LogP contribution in [0.4, 0.5) is 0 Å². The van der Waals surface area contributed by atoms with E-state index in [0.717, 1.165) is 58.4 Å². The van der Waals surface area contributed by atoms with Gasteiger partial charge >= 0.3 is 0 Å². The number of nitrogens with zero attached hydrogens (tertiary/aromatic N) is 1. The summed E-state index contributed by atoms with van der Waals surface area (Å²) < 4.78 is 5.41. The number of hydrogen-bond donors (Lipinski definition) is 2. The predicted molar refractivity (Wildman–Crippen MR) is 116 cm³/mol. The third kappa shape index (κ3) is 12.5. The van der Waals surface area contributed by atoms with Gasteiger partial charge in [0.05, 0.1) is 25.4 Å². The van der Waals surface area contributed by atoms with Gasteiger partial charge in [-0.1, -0.05) is 77.4 Å². The highest BCUT2D eigenvalue weighted by Crippen LogP contribution is 2.10. The Morgan fingerprint density at radius 3 is 2.36 bits per heavy atom. The van der Waals surface area contributed by atoms with Gasteiger partial charge in [-0.15, -0.1) is 0 Å². The molecule has 2 N–H and O–H groups in total. The molecule has 5 nitrogen and oxygen atoms in total. The normalized spacial score (nSPS) is 17.7. The molecule has 0 radical (unpaired) electrons. The number of rotatable bonds is 16. The van der Waals surface area contributed by atoms with Crippen molar-refractivity contribution >= 4 is 5.91 Å². The Hall–Kier alpha value is -0.910. The van der Waals surface area contributed by atoms with Crippen molar-refractivity contribution in [3.05, 3.63) is 12.2 Å². The molecular formula is C23H44N2O3. The average molecular weight is 397 g/mol. The Morgan fingerprint density at radius 2 is 1.68 bits per heavy atom. The second kappa shape index (κ2) is 17.0. The lowest BCUT2D eigenvalue weighted by atomic mass is 10.1. The van der Waals surface area contributed by atoms with Crippen LogP contribution in [0.3, 0.4) is 0 Å². The van der Waals surface area contributed by atoms with Crippen LogP contribution in [0.25, 0.3) is 0 Å². The number of nitrogens with one attached hydrogen (secondary N) is 1. The molecule has 0 unspecified atom stereocenters. The highest BCUT2D eigenvalue weighted by Gasteiger charge is 2.23. The van der Waals surface area contributed by atoms with Crippen molar-refractivity contribution in [2.45, 2.75) is 96.6 Å². The van der Waals surface area contributed by atoms with Crippen molar-refractivity contribution in [2.24, 2.45) is 0 Å². The molecule has 5 heteroatoms. The molecule has 0 aromatic heterocycles. The van der Waals surface area contributed by atoms with Crippen molar-refractivity contribution in [1.29, 1.82) is 0 Å². The van der Waals surface area contributed by atoms with Crippen molar-refractivity contribution in [3.63, 3.8) is 0 Å². The summed E-state index contributed by atoms with van der Waals surface area (Å²) >= 11 is 0. The number of aliphatic hydroxyl groups excluding tert-OH is 1. The molecule has 0 spiro atoms. The molecule has 1 aliphatic rings. The van der Waals surface area contributed by atoms with E-state index in [9.17, 15) is 9.90 Å². The Balaban J connectivity index is 2.39. The van der Waals surface area contributed by atoms with Crippen LogP contribution in [0.5, 0.6) is 0 Å². The highest BCUT2D eigenvalue weighted by atomic mass is 16.5. The molecule has 1 amide bonds. The first-order valence-corrected chi connectivity index (χ1v) is 11.6. The van der Waals surface area contributed by atoms with E-state index in [1.807, 2.05) is 12.2 Å². The summed E-state index contributed by atoms with van der Waals surface area (Å²) in [6.45, 7) is 8.22. The lowest BCUT2D eigenvalue weighted by Crippen LogP contribution is -2.52.